The third-order valence-electron chi connectivity index (χ3n) is 8.95. The van der Waals surface area contributed by atoms with Crippen LogP contribution in [0.4, 0.5) is 23.3 Å². The molecule has 2 aromatic heterocycles. The maximum Gasteiger partial charge on any atom is 0.232 e. The van der Waals surface area contributed by atoms with E-state index in [0.717, 1.165) is 64.5 Å². The van der Waals surface area contributed by atoms with E-state index in [9.17, 15) is 10.5 Å². The second-order valence-electron chi connectivity index (χ2n) is 11.8. The minimum absolute atomic E-state index is 0.225. The van der Waals surface area contributed by atoms with Gasteiger partial charge in [-0.2, -0.15) is 30.1 Å². The van der Waals surface area contributed by atoms with Gasteiger partial charge in [-0.1, -0.05) is 11.6 Å². The molecule has 218 valence electrons. The first-order chi connectivity index (χ1) is 20.5. The smallest absolute Gasteiger partial charge is 0.232 e. The number of hydrogen-bond acceptors (Lipinski definition) is 11. The number of fused-ring (bicyclic) bond motifs is 1. The molecule has 0 spiro atoms. The number of likely N-dealkylation sites (tertiary alicyclic amines) is 1. The van der Waals surface area contributed by atoms with E-state index in [1.807, 2.05) is 6.07 Å². The molecule has 7 rings (SSSR count). The van der Waals surface area contributed by atoms with Gasteiger partial charge in [0.15, 0.2) is 5.65 Å². The standard InChI is InChI=1S/C29H34ClN11O/c1-18-15-39(22-4-6-38(7-5-22)23-16-42-17-23)8-9-40(18)25-11-19(12-31)10-24(26(25)30)35-28-36-27-20(13-32)14-33-41(27)29(37-28)34-21-2-3-21/h10-11,14,18,21-23H,2-9,15-17H2,1H3,(H2,34,35,36,37)/t18-/m0/s1. The number of aromatic nitrogens is 4. The normalized spacial score (nSPS) is 22.5. The lowest BCUT2D eigenvalue weighted by atomic mass is 9.98. The van der Waals surface area contributed by atoms with Gasteiger partial charge in [0.2, 0.25) is 11.9 Å². The summed E-state index contributed by atoms with van der Waals surface area (Å²) in [5.41, 5.74) is 2.63. The van der Waals surface area contributed by atoms with Crippen molar-refractivity contribution in [1.82, 2.24) is 29.4 Å². The number of nitriles is 2. The van der Waals surface area contributed by atoms with E-state index in [1.54, 1.807) is 10.6 Å². The molecule has 1 atom stereocenters. The monoisotopic (exact) mass is 587 g/mol. The lowest BCUT2D eigenvalue weighted by molar-refractivity contribution is -0.0766. The highest BCUT2D eigenvalue weighted by atomic mass is 35.5. The van der Waals surface area contributed by atoms with Gasteiger partial charge in [0.05, 0.1) is 53.5 Å². The van der Waals surface area contributed by atoms with Gasteiger partial charge in [-0.3, -0.25) is 9.80 Å². The minimum atomic E-state index is 0.225. The molecular weight excluding hydrogens is 554 g/mol. The molecule has 42 heavy (non-hydrogen) atoms. The topological polar surface area (TPSA) is 134 Å². The van der Waals surface area contributed by atoms with Crippen LogP contribution < -0.4 is 15.5 Å². The number of halogens is 1. The molecule has 0 amide bonds. The van der Waals surface area contributed by atoms with Crippen LogP contribution in [0.3, 0.4) is 0 Å². The van der Waals surface area contributed by atoms with Gasteiger partial charge >= 0.3 is 0 Å². The predicted molar refractivity (Wildman–Crippen MR) is 159 cm³/mol. The Morgan fingerprint density at radius 2 is 1.79 bits per heavy atom. The number of anilines is 4. The second kappa shape index (κ2) is 11.2. The average molecular weight is 588 g/mol. The largest absolute Gasteiger partial charge is 0.378 e. The Balaban J connectivity index is 1.10. The third-order valence-corrected chi connectivity index (χ3v) is 9.35. The quantitative estimate of drug-likeness (QED) is 0.422. The Labute approximate surface area is 249 Å². The number of nitrogens with zero attached hydrogens (tertiary/aromatic N) is 9. The Kier molecular flexibility index (Phi) is 7.24. The summed E-state index contributed by atoms with van der Waals surface area (Å²) in [4.78, 5) is 16.7. The highest BCUT2D eigenvalue weighted by molar-refractivity contribution is 6.36. The van der Waals surface area contributed by atoms with Crippen LogP contribution in [-0.4, -0.2) is 99.5 Å². The zero-order valence-corrected chi connectivity index (χ0v) is 24.4. The Morgan fingerprint density at radius 1 is 0.976 bits per heavy atom. The fourth-order valence-electron chi connectivity index (χ4n) is 6.34. The van der Waals surface area contributed by atoms with Gasteiger partial charge in [0.1, 0.15) is 11.6 Å². The Morgan fingerprint density at radius 3 is 2.45 bits per heavy atom. The zero-order chi connectivity index (χ0) is 28.8. The van der Waals surface area contributed by atoms with Crippen molar-refractivity contribution in [1.29, 1.82) is 10.5 Å². The van der Waals surface area contributed by atoms with Crippen molar-refractivity contribution >= 4 is 40.5 Å². The second-order valence-corrected chi connectivity index (χ2v) is 12.2. The van der Waals surface area contributed by atoms with Crippen LogP contribution in [0.25, 0.3) is 5.65 Å². The van der Waals surface area contributed by atoms with Crippen molar-refractivity contribution in [3.8, 4) is 12.1 Å². The SMILES string of the molecule is C[C@H]1CN(C2CCN(C3COC3)CC2)CCN1c1cc(C#N)cc(Nc2nc(NC3CC3)n3ncc(C#N)c3n2)c1Cl. The summed E-state index contributed by atoms with van der Waals surface area (Å²) >= 11 is 7.04. The van der Waals surface area contributed by atoms with Crippen LogP contribution in [0.2, 0.25) is 5.02 Å². The number of hydrogen-bond donors (Lipinski definition) is 2. The van der Waals surface area contributed by atoms with Gasteiger partial charge in [0.25, 0.3) is 0 Å². The summed E-state index contributed by atoms with van der Waals surface area (Å²) in [6, 6.07) is 9.78. The van der Waals surface area contributed by atoms with E-state index in [1.165, 1.54) is 19.0 Å². The molecule has 13 heteroatoms. The van der Waals surface area contributed by atoms with E-state index >= 15 is 0 Å². The summed E-state index contributed by atoms with van der Waals surface area (Å²) in [5, 5.41) is 30.9. The van der Waals surface area contributed by atoms with Gasteiger partial charge in [-0.25, -0.2) is 0 Å². The molecule has 5 heterocycles. The molecule has 3 aliphatic heterocycles. The number of rotatable bonds is 7. The number of nitrogens with one attached hydrogen (secondary N) is 2. The number of ether oxygens (including phenoxy) is 1. The van der Waals surface area contributed by atoms with Crippen molar-refractivity contribution in [3.63, 3.8) is 0 Å². The number of piperazine rings is 1. The molecule has 4 aliphatic rings. The Hall–Kier alpha value is -3.68. The summed E-state index contributed by atoms with van der Waals surface area (Å²) in [6.45, 7) is 8.98. The van der Waals surface area contributed by atoms with Crippen LogP contribution in [0, 0.1) is 22.7 Å². The highest BCUT2D eigenvalue weighted by Crippen LogP contribution is 2.38. The summed E-state index contributed by atoms with van der Waals surface area (Å²) in [6.07, 6.45) is 5.98. The third kappa shape index (κ3) is 5.20. The maximum absolute atomic E-state index is 9.89. The van der Waals surface area contributed by atoms with Crippen molar-refractivity contribution in [2.24, 2.45) is 0 Å². The highest BCUT2D eigenvalue weighted by Gasteiger charge is 2.35. The van der Waals surface area contributed by atoms with Crippen LogP contribution in [0.1, 0.15) is 43.7 Å². The minimum Gasteiger partial charge on any atom is -0.378 e. The fourth-order valence-corrected chi connectivity index (χ4v) is 6.60. The maximum atomic E-state index is 9.89. The molecule has 2 N–H and O–H groups in total. The van der Waals surface area contributed by atoms with E-state index < -0.39 is 0 Å². The summed E-state index contributed by atoms with van der Waals surface area (Å²) in [5.74, 6) is 0.791. The van der Waals surface area contributed by atoms with E-state index in [2.05, 4.69) is 59.5 Å². The van der Waals surface area contributed by atoms with E-state index in [4.69, 9.17) is 16.3 Å². The van der Waals surface area contributed by atoms with Gasteiger partial charge < -0.3 is 20.3 Å². The zero-order valence-electron chi connectivity index (χ0n) is 23.6. The number of benzene rings is 1. The fraction of sp³-hybridized carbons (Fsp3) is 0.552. The molecule has 1 aromatic carbocycles. The molecule has 0 unspecified atom stereocenters. The number of piperidine rings is 1. The van der Waals surface area contributed by atoms with Crippen LogP contribution in [0.15, 0.2) is 18.3 Å². The first kappa shape index (κ1) is 27.2. The van der Waals surface area contributed by atoms with Crippen molar-refractivity contribution in [2.45, 2.75) is 56.8 Å². The molecule has 0 bridgehead atoms. The van der Waals surface area contributed by atoms with Crippen molar-refractivity contribution in [2.75, 3.05) is 61.5 Å². The van der Waals surface area contributed by atoms with Crippen molar-refractivity contribution in [3.05, 3.63) is 34.5 Å². The molecule has 0 radical (unpaired) electrons. The van der Waals surface area contributed by atoms with Crippen LogP contribution in [-0.2, 0) is 4.74 Å². The van der Waals surface area contributed by atoms with E-state index in [0.29, 0.717) is 51.6 Å². The molecule has 4 fully saturated rings. The van der Waals surface area contributed by atoms with Gasteiger partial charge in [-0.05, 0) is 44.7 Å². The lowest BCUT2D eigenvalue weighted by Crippen LogP contribution is -2.59. The summed E-state index contributed by atoms with van der Waals surface area (Å²) < 4.78 is 6.94. The first-order valence-corrected chi connectivity index (χ1v) is 15.1. The van der Waals surface area contributed by atoms with Crippen LogP contribution >= 0.6 is 11.6 Å². The Bertz CT molecular complexity index is 1560. The first-order valence-electron chi connectivity index (χ1n) is 14.8. The molecule has 12 nitrogen and oxygen atoms in total. The average Bonchev–Trinajstić information content (AvgIpc) is 3.69. The molecule has 3 aromatic rings. The van der Waals surface area contributed by atoms with Gasteiger partial charge in [-0.15, -0.1) is 0 Å². The molecule has 3 saturated heterocycles. The molecule has 1 saturated carbocycles. The van der Waals surface area contributed by atoms with Crippen LogP contribution in [0.5, 0.6) is 0 Å². The predicted octanol–water partition coefficient (Wildman–Crippen LogP) is 3.21. The van der Waals surface area contributed by atoms with Crippen molar-refractivity contribution < 1.29 is 4.74 Å². The molecule has 1 aliphatic carbocycles. The summed E-state index contributed by atoms with van der Waals surface area (Å²) in [7, 11) is 0. The molecular formula is C29H34ClN11O. The van der Waals surface area contributed by atoms with E-state index in [-0.39, 0.29) is 12.0 Å². The van der Waals surface area contributed by atoms with Gasteiger partial charge in [0, 0.05) is 50.8 Å². The lowest BCUT2D eigenvalue weighted by Gasteiger charge is -2.48.